The Hall–Kier alpha value is -3.96. The molecule has 12 heteroatoms. The average Bonchev–Trinajstić information content (AvgIpc) is 3.56. The zero-order chi connectivity index (χ0) is 30.0. The standard InChI is InChI=1S/C30H38N6O6/c1-4-19-23(37)33-29(27(41)32-19)12-22-26(40)36(14-17(2)3)30(28(42)35(22)15-29)13-21-24(38)31-20(25(39)34(21)16-30)11-10-18-8-6-5-7-9-18/h5-9,17,19-22H,4,10-16H2,1-3H3,(H,31,38)(H,32,41)(H,33,37)/t19-,20-,21-,22-,29-,30-/m0/s1. The van der Waals surface area contributed by atoms with Gasteiger partial charge in [0.05, 0.1) is 13.1 Å². The van der Waals surface area contributed by atoms with Crippen LogP contribution in [-0.4, -0.2) is 105 Å². The highest BCUT2D eigenvalue weighted by Crippen LogP contribution is 2.44. The van der Waals surface area contributed by atoms with Gasteiger partial charge in [0.25, 0.3) is 5.91 Å². The third-order valence-corrected chi connectivity index (χ3v) is 9.56. The number of carbonyl (C=O) groups is 6. The van der Waals surface area contributed by atoms with Gasteiger partial charge >= 0.3 is 0 Å². The first kappa shape index (κ1) is 28.2. The van der Waals surface area contributed by atoms with E-state index in [2.05, 4.69) is 16.0 Å². The second kappa shape index (κ2) is 10.1. The number of amides is 6. The van der Waals surface area contributed by atoms with E-state index in [0.717, 1.165) is 5.56 Å². The van der Waals surface area contributed by atoms with E-state index < -0.39 is 41.2 Å². The van der Waals surface area contributed by atoms with Gasteiger partial charge in [0, 0.05) is 19.4 Å². The minimum atomic E-state index is -1.43. The molecule has 224 valence electrons. The Morgan fingerprint density at radius 1 is 0.857 bits per heavy atom. The molecule has 6 atom stereocenters. The van der Waals surface area contributed by atoms with E-state index in [1.807, 2.05) is 44.2 Å². The molecule has 1 aromatic rings. The number of nitrogens with one attached hydrogen (secondary N) is 3. The molecule has 1 aromatic carbocycles. The monoisotopic (exact) mass is 578 g/mol. The van der Waals surface area contributed by atoms with Crippen LogP contribution in [0.1, 0.15) is 52.0 Å². The number of nitrogens with zero attached hydrogens (tertiary/aromatic N) is 3. The minimum absolute atomic E-state index is 0.00399. The summed E-state index contributed by atoms with van der Waals surface area (Å²) < 4.78 is 0. The van der Waals surface area contributed by atoms with Crippen LogP contribution in [0.25, 0.3) is 0 Å². The predicted octanol–water partition coefficient (Wildman–Crippen LogP) is -0.680. The van der Waals surface area contributed by atoms with Crippen LogP contribution in [0.4, 0.5) is 0 Å². The summed E-state index contributed by atoms with van der Waals surface area (Å²) in [4.78, 5) is 86.1. The van der Waals surface area contributed by atoms with Crippen molar-refractivity contribution in [1.82, 2.24) is 30.7 Å². The van der Waals surface area contributed by atoms with Crippen molar-refractivity contribution in [3.8, 4) is 0 Å². The lowest BCUT2D eigenvalue weighted by Crippen LogP contribution is -2.72. The lowest BCUT2D eigenvalue weighted by molar-refractivity contribution is -0.169. The highest BCUT2D eigenvalue weighted by molar-refractivity contribution is 6.07. The molecule has 0 aliphatic carbocycles. The number of fused-ring (bicyclic) bond motifs is 2. The molecule has 12 nitrogen and oxygen atoms in total. The van der Waals surface area contributed by atoms with Crippen molar-refractivity contribution >= 4 is 35.4 Å². The van der Waals surface area contributed by atoms with Crippen molar-refractivity contribution in [1.29, 1.82) is 0 Å². The number of carbonyl (C=O) groups excluding carboxylic acids is 6. The van der Waals surface area contributed by atoms with E-state index in [9.17, 15) is 28.8 Å². The summed E-state index contributed by atoms with van der Waals surface area (Å²) in [7, 11) is 0. The van der Waals surface area contributed by atoms with Crippen LogP contribution < -0.4 is 16.0 Å². The molecule has 0 bridgehead atoms. The van der Waals surface area contributed by atoms with E-state index >= 15 is 0 Å². The third-order valence-electron chi connectivity index (χ3n) is 9.56. The molecular formula is C30H38N6O6. The molecule has 42 heavy (non-hydrogen) atoms. The fraction of sp³-hybridized carbons (Fsp3) is 0.600. The van der Waals surface area contributed by atoms with Crippen molar-refractivity contribution in [2.75, 3.05) is 19.6 Å². The number of piperazine rings is 3. The SMILES string of the molecule is CC[C@@H]1NC(=O)[C@@]2(C[C@H]3C(=O)N(CC(C)C)[C@]4(C[C@H]5C(=O)N[C@@H](CCc6ccccc6)C(=O)N5C4)C(=O)N3C2)NC1=O. The molecule has 0 aromatic heterocycles. The smallest absolute Gasteiger partial charge is 0.251 e. The van der Waals surface area contributed by atoms with Gasteiger partial charge in [-0.3, -0.25) is 28.8 Å². The second-order valence-corrected chi connectivity index (χ2v) is 12.8. The number of aryl methyl sites for hydroxylation is 1. The third kappa shape index (κ3) is 4.25. The Balaban J connectivity index is 1.29. The van der Waals surface area contributed by atoms with Crippen LogP contribution in [0.15, 0.2) is 30.3 Å². The molecule has 2 spiro atoms. The van der Waals surface area contributed by atoms with Gasteiger partial charge in [-0.15, -0.1) is 0 Å². The molecule has 6 rings (SSSR count). The largest absolute Gasteiger partial charge is 0.342 e. The van der Waals surface area contributed by atoms with Gasteiger partial charge in [-0.1, -0.05) is 51.1 Å². The van der Waals surface area contributed by atoms with Gasteiger partial charge in [0.2, 0.25) is 29.5 Å². The van der Waals surface area contributed by atoms with Gasteiger partial charge in [-0.2, -0.15) is 0 Å². The summed E-state index contributed by atoms with van der Waals surface area (Å²) in [6.45, 7) is 5.69. The Kier molecular flexibility index (Phi) is 6.77. The lowest BCUT2D eigenvalue weighted by atomic mass is 9.86. The fourth-order valence-electron chi connectivity index (χ4n) is 7.41. The Morgan fingerprint density at radius 2 is 1.60 bits per heavy atom. The van der Waals surface area contributed by atoms with E-state index in [1.54, 1.807) is 11.8 Å². The lowest BCUT2D eigenvalue weighted by Gasteiger charge is -2.49. The number of rotatable bonds is 6. The summed E-state index contributed by atoms with van der Waals surface area (Å²) in [6.07, 6.45) is 1.40. The first-order valence-corrected chi connectivity index (χ1v) is 14.9. The van der Waals surface area contributed by atoms with E-state index in [-0.39, 0.29) is 67.9 Å². The number of hydrogen-bond acceptors (Lipinski definition) is 6. The van der Waals surface area contributed by atoms with Crippen LogP contribution in [0.5, 0.6) is 0 Å². The first-order valence-electron chi connectivity index (χ1n) is 14.9. The summed E-state index contributed by atoms with van der Waals surface area (Å²) in [5.74, 6) is -2.06. The molecule has 0 radical (unpaired) electrons. The molecule has 0 unspecified atom stereocenters. The Bertz CT molecular complexity index is 1350. The van der Waals surface area contributed by atoms with Crippen molar-refractivity contribution in [2.45, 2.75) is 88.1 Å². The summed E-state index contributed by atoms with van der Waals surface area (Å²) >= 11 is 0. The first-order chi connectivity index (χ1) is 20.0. The van der Waals surface area contributed by atoms with Crippen LogP contribution in [0, 0.1) is 5.92 Å². The molecule has 5 saturated heterocycles. The predicted molar refractivity (Wildman–Crippen MR) is 149 cm³/mol. The summed E-state index contributed by atoms with van der Waals surface area (Å²) in [5, 5.41) is 8.45. The minimum Gasteiger partial charge on any atom is -0.342 e. The van der Waals surface area contributed by atoms with E-state index in [1.165, 1.54) is 9.80 Å². The topological polar surface area (TPSA) is 148 Å². The molecule has 0 saturated carbocycles. The molecule has 5 aliphatic heterocycles. The van der Waals surface area contributed by atoms with Crippen molar-refractivity contribution in [2.24, 2.45) is 5.92 Å². The number of hydrogen-bond donors (Lipinski definition) is 3. The van der Waals surface area contributed by atoms with Gasteiger partial charge in [-0.25, -0.2) is 0 Å². The second-order valence-electron chi connectivity index (χ2n) is 12.8. The van der Waals surface area contributed by atoms with Crippen LogP contribution in [0.2, 0.25) is 0 Å². The van der Waals surface area contributed by atoms with Gasteiger partial charge in [-0.05, 0) is 30.7 Å². The summed E-state index contributed by atoms with van der Waals surface area (Å²) in [6, 6.07) is 6.50. The van der Waals surface area contributed by atoms with Gasteiger partial charge < -0.3 is 30.7 Å². The molecule has 5 heterocycles. The van der Waals surface area contributed by atoms with Crippen molar-refractivity contribution in [3.05, 3.63) is 35.9 Å². The van der Waals surface area contributed by atoms with Crippen LogP contribution >= 0.6 is 0 Å². The van der Waals surface area contributed by atoms with E-state index in [0.29, 0.717) is 19.3 Å². The normalized spacial score (nSPS) is 34.2. The summed E-state index contributed by atoms with van der Waals surface area (Å²) in [5.41, 5.74) is -1.79. The fourth-order valence-corrected chi connectivity index (χ4v) is 7.41. The molecule has 3 N–H and O–H groups in total. The van der Waals surface area contributed by atoms with Crippen molar-refractivity contribution in [3.63, 3.8) is 0 Å². The highest BCUT2D eigenvalue weighted by Gasteiger charge is 2.68. The van der Waals surface area contributed by atoms with Crippen LogP contribution in [-0.2, 0) is 35.2 Å². The quantitative estimate of drug-likeness (QED) is 0.408. The zero-order valence-corrected chi connectivity index (χ0v) is 24.2. The van der Waals surface area contributed by atoms with Crippen molar-refractivity contribution < 1.29 is 28.8 Å². The maximum Gasteiger partial charge on any atom is 0.251 e. The molecule has 6 amide bonds. The molecule has 5 aliphatic rings. The number of benzene rings is 1. The Morgan fingerprint density at radius 3 is 2.29 bits per heavy atom. The van der Waals surface area contributed by atoms with Gasteiger partial charge in [0.15, 0.2) is 0 Å². The zero-order valence-electron chi connectivity index (χ0n) is 24.2. The van der Waals surface area contributed by atoms with Crippen LogP contribution in [0.3, 0.4) is 0 Å². The molecular weight excluding hydrogens is 540 g/mol. The maximum atomic E-state index is 14.5. The maximum absolute atomic E-state index is 14.5. The Labute approximate surface area is 244 Å². The van der Waals surface area contributed by atoms with Gasteiger partial charge in [0.1, 0.15) is 35.2 Å². The average molecular weight is 579 g/mol. The highest BCUT2D eigenvalue weighted by atomic mass is 16.2. The molecule has 5 fully saturated rings. The van der Waals surface area contributed by atoms with E-state index in [4.69, 9.17) is 0 Å².